The van der Waals surface area contributed by atoms with Crippen molar-refractivity contribution in [3.8, 4) is 11.3 Å². The molecule has 0 aliphatic rings. The van der Waals surface area contributed by atoms with Crippen LogP contribution in [0.25, 0.3) is 11.3 Å². The minimum absolute atomic E-state index is 0.0244. The fourth-order valence-electron chi connectivity index (χ4n) is 3.83. The van der Waals surface area contributed by atoms with Crippen molar-refractivity contribution in [1.29, 1.82) is 0 Å². The van der Waals surface area contributed by atoms with Crippen LogP contribution in [0.1, 0.15) is 70.1 Å². The Morgan fingerprint density at radius 3 is 2.07 bits per heavy atom. The van der Waals surface area contributed by atoms with Crippen LogP contribution in [0.5, 0.6) is 0 Å². The summed E-state index contributed by atoms with van der Waals surface area (Å²) < 4.78 is 58.6. The zero-order valence-electron chi connectivity index (χ0n) is 25.0. The maximum Gasteiger partial charge on any atom is 0.434 e. The highest BCUT2D eigenvalue weighted by Crippen LogP contribution is 2.41. The topological polar surface area (TPSA) is 73.2 Å². The first-order chi connectivity index (χ1) is 19.6. The largest absolute Gasteiger partial charge is 0.459 e. The summed E-state index contributed by atoms with van der Waals surface area (Å²) in [5.41, 5.74) is -1.22. The molecule has 43 heavy (non-hydrogen) atoms. The van der Waals surface area contributed by atoms with Gasteiger partial charge in [0, 0.05) is 12.6 Å². The number of hydrogen-bond acceptors (Lipinski definition) is 4. The van der Waals surface area contributed by atoms with Crippen LogP contribution in [0.4, 0.5) is 17.6 Å². The van der Waals surface area contributed by atoms with Crippen LogP contribution in [-0.4, -0.2) is 32.6 Å². The number of benzene rings is 2. The van der Waals surface area contributed by atoms with E-state index in [-0.39, 0.29) is 43.5 Å². The first-order valence-electron chi connectivity index (χ1n) is 13.1. The third kappa shape index (κ3) is 9.52. The Labute approximate surface area is 270 Å². The van der Waals surface area contributed by atoms with Crippen molar-refractivity contribution in [1.82, 2.24) is 15.1 Å². The van der Waals surface area contributed by atoms with Gasteiger partial charge in [0.25, 0.3) is 0 Å². The lowest BCUT2D eigenvalue weighted by molar-refractivity contribution is -0.144. The molecule has 0 saturated heterocycles. The molecule has 1 amide bonds. The molecular formula is C30H34Br2ClF4N3O3. The molecule has 13 heteroatoms. The molecule has 0 spiro atoms. The van der Waals surface area contributed by atoms with E-state index in [0.717, 1.165) is 24.7 Å². The van der Waals surface area contributed by atoms with Gasteiger partial charge in [-0.25, -0.2) is 9.18 Å². The normalized spacial score (nSPS) is 12.8. The Bertz CT molecular complexity index is 1450. The first-order valence-corrected chi connectivity index (χ1v) is 15.2. The summed E-state index contributed by atoms with van der Waals surface area (Å²) in [6, 6.07) is 11.9. The second-order valence-corrected chi connectivity index (χ2v) is 13.7. The average molecular weight is 756 g/mol. The summed E-state index contributed by atoms with van der Waals surface area (Å²) in [6.07, 6.45) is -5.14. The van der Waals surface area contributed by atoms with Crippen LogP contribution in [-0.2, 0) is 28.3 Å². The number of halogens is 7. The van der Waals surface area contributed by atoms with Crippen molar-refractivity contribution in [2.24, 2.45) is 12.5 Å². The highest BCUT2D eigenvalue weighted by Gasteiger charge is 2.39. The minimum Gasteiger partial charge on any atom is -0.459 e. The van der Waals surface area contributed by atoms with Crippen LogP contribution in [0, 0.1) is 11.2 Å². The molecule has 0 aliphatic carbocycles. The number of nitrogens with zero attached hydrogens (tertiary/aromatic N) is 2. The number of hydrogen-bond donors (Lipinski definition) is 1. The lowest BCUT2D eigenvalue weighted by atomic mass is 9.89. The zero-order valence-corrected chi connectivity index (χ0v) is 28.9. The predicted octanol–water partition coefficient (Wildman–Crippen LogP) is 9.07. The van der Waals surface area contributed by atoms with Gasteiger partial charge in [0.2, 0.25) is 5.91 Å². The number of carbonyl (C=O) groups is 2. The van der Waals surface area contributed by atoms with E-state index >= 15 is 0 Å². The van der Waals surface area contributed by atoms with Crippen molar-refractivity contribution >= 4 is 55.3 Å². The molecule has 1 unspecified atom stereocenters. The molecule has 0 fully saturated rings. The maximum absolute atomic E-state index is 14.3. The Balaban J connectivity index is 0.000000317. The van der Waals surface area contributed by atoms with Crippen LogP contribution < -0.4 is 5.32 Å². The molecule has 1 aromatic heterocycles. The van der Waals surface area contributed by atoms with Gasteiger partial charge >= 0.3 is 12.1 Å². The van der Waals surface area contributed by atoms with Gasteiger partial charge in [-0.3, -0.25) is 9.48 Å². The summed E-state index contributed by atoms with van der Waals surface area (Å²) in [7, 11) is 1.08. The fourth-order valence-corrected chi connectivity index (χ4v) is 4.95. The monoisotopic (exact) mass is 753 g/mol. The van der Waals surface area contributed by atoms with E-state index in [0.29, 0.717) is 4.68 Å². The van der Waals surface area contributed by atoms with Gasteiger partial charge in [-0.1, -0.05) is 78.6 Å². The minimum atomic E-state index is -4.69. The second-order valence-electron chi connectivity index (χ2n) is 11.6. The van der Waals surface area contributed by atoms with E-state index < -0.39 is 34.2 Å². The summed E-state index contributed by atoms with van der Waals surface area (Å²) in [6.45, 7) is 13.4. The van der Waals surface area contributed by atoms with Crippen molar-refractivity contribution < 1.29 is 31.9 Å². The van der Waals surface area contributed by atoms with Crippen molar-refractivity contribution in [3.05, 3.63) is 74.6 Å². The number of nitrogens with one attached hydrogen (secondary N) is 1. The van der Waals surface area contributed by atoms with Crippen molar-refractivity contribution in [3.63, 3.8) is 0 Å². The van der Waals surface area contributed by atoms with Gasteiger partial charge in [-0.2, -0.15) is 18.3 Å². The number of esters is 1. The van der Waals surface area contributed by atoms with Gasteiger partial charge in [0.05, 0.1) is 31.5 Å². The number of alkyl halides is 4. The van der Waals surface area contributed by atoms with E-state index in [9.17, 15) is 27.2 Å². The Morgan fingerprint density at radius 1 is 1.05 bits per heavy atom. The molecule has 0 radical (unpaired) electrons. The van der Waals surface area contributed by atoms with Gasteiger partial charge in [-0.15, -0.1) is 0 Å². The number of aromatic nitrogens is 2. The maximum atomic E-state index is 14.3. The first kappa shape index (κ1) is 36.8. The number of ether oxygens (including phenoxy) is 1. The third-order valence-electron chi connectivity index (χ3n) is 6.05. The molecular weight excluding hydrogens is 722 g/mol. The van der Waals surface area contributed by atoms with E-state index in [1.165, 1.54) is 0 Å². The van der Waals surface area contributed by atoms with Gasteiger partial charge in [-0.05, 0) is 66.7 Å². The van der Waals surface area contributed by atoms with Crippen LogP contribution in [0.2, 0.25) is 5.02 Å². The smallest absolute Gasteiger partial charge is 0.434 e. The van der Waals surface area contributed by atoms with Crippen molar-refractivity contribution in [2.45, 2.75) is 71.1 Å². The molecule has 1 heterocycles. The van der Waals surface area contributed by atoms with E-state index in [1.807, 2.05) is 65.0 Å². The van der Waals surface area contributed by atoms with Crippen LogP contribution in [0.15, 0.2) is 46.9 Å². The number of aryl methyl sites for hydroxylation is 1. The molecule has 236 valence electrons. The zero-order chi connectivity index (χ0) is 33.1. The molecule has 3 rings (SSSR count). The highest BCUT2D eigenvalue weighted by atomic mass is 79.9. The Hall–Kier alpha value is -2.44. The third-order valence-corrected chi connectivity index (χ3v) is 8.91. The summed E-state index contributed by atoms with van der Waals surface area (Å²) >= 11 is 12.1. The van der Waals surface area contributed by atoms with Gasteiger partial charge in [0.1, 0.15) is 11.5 Å². The molecule has 3 aromatic rings. The van der Waals surface area contributed by atoms with Gasteiger partial charge in [0.15, 0.2) is 5.69 Å². The molecule has 1 atom stereocenters. The second kappa shape index (κ2) is 14.1. The quantitative estimate of drug-likeness (QED) is 0.155. The van der Waals surface area contributed by atoms with Crippen LogP contribution >= 0.6 is 43.5 Å². The summed E-state index contributed by atoms with van der Waals surface area (Å²) in [5.74, 6) is -1.71. The van der Waals surface area contributed by atoms with E-state index in [4.69, 9.17) is 16.3 Å². The average Bonchev–Trinajstić information content (AvgIpc) is 3.17. The molecule has 2 aromatic carbocycles. The van der Waals surface area contributed by atoms with Gasteiger partial charge < -0.3 is 10.1 Å². The number of rotatable bonds is 6. The lowest BCUT2D eigenvalue weighted by Gasteiger charge is -2.31. The predicted molar refractivity (Wildman–Crippen MR) is 167 cm³/mol. The summed E-state index contributed by atoms with van der Waals surface area (Å²) in [4.78, 5) is 24.1. The lowest BCUT2D eigenvalue weighted by Crippen LogP contribution is -2.47. The number of carbonyl (C=O) groups excluding carboxylic acids is 2. The molecule has 0 aliphatic heterocycles. The van der Waals surface area contributed by atoms with E-state index in [1.54, 1.807) is 13.8 Å². The SMILES string of the molecule is CC(C)(NC(=O)C(Br)C(C)(C)C)c1ccccc1.CC(C)OC(=O)c1cc(-c2nn(C)c(C(F)(F)F)c2Br)c(F)cc1Cl. The van der Waals surface area contributed by atoms with Crippen LogP contribution in [0.3, 0.4) is 0 Å². The molecule has 6 nitrogen and oxygen atoms in total. The summed E-state index contributed by atoms with van der Waals surface area (Å²) in [5, 5.41) is 6.59. The molecule has 1 N–H and O–H groups in total. The molecule has 0 bridgehead atoms. The van der Waals surface area contributed by atoms with Crippen molar-refractivity contribution in [2.75, 3.05) is 0 Å². The standard InChI is InChI=1S/C15H12BrClF4N2O2.C15H22BrNO/c1-6(2)25-14(24)7-4-8(10(18)5-9(7)17)12-11(16)13(15(19,20)21)23(3)22-12;1-14(2,3)12(16)13(18)17-15(4,5)11-9-7-6-8-10-11/h4-6H,1-3H3;6-10,12H,1-5H3,(H,17,18). The molecule has 0 saturated carbocycles. The van der Waals surface area contributed by atoms with E-state index in [2.05, 4.69) is 42.3 Å². The number of amides is 1. The Kier molecular flexibility index (Phi) is 12.1. The fraction of sp³-hybridized carbons (Fsp3) is 0.433. The Morgan fingerprint density at radius 2 is 1.60 bits per heavy atom. The highest BCUT2D eigenvalue weighted by molar-refractivity contribution is 9.10.